The van der Waals surface area contributed by atoms with Gasteiger partial charge in [0.1, 0.15) is 4.90 Å². The molecule has 2 heterocycles. The van der Waals surface area contributed by atoms with E-state index >= 15 is 0 Å². The van der Waals surface area contributed by atoms with Gasteiger partial charge in [0.05, 0.1) is 19.7 Å². The van der Waals surface area contributed by atoms with Crippen LogP contribution in [0.1, 0.15) is 12.8 Å². The highest BCUT2D eigenvalue weighted by Gasteiger charge is 2.37. The standard InChI is InChI=1S/C10H13Br2NO4S2/c11-8-5-7(9(12)18-8)19(15,16)13-10(6-14)1-3-17-4-2-10/h5,13-14H,1-4,6H2. The van der Waals surface area contributed by atoms with E-state index in [4.69, 9.17) is 4.74 Å². The van der Waals surface area contributed by atoms with E-state index in [2.05, 4.69) is 36.6 Å². The van der Waals surface area contributed by atoms with Crippen LogP contribution in [-0.4, -0.2) is 38.9 Å². The van der Waals surface area contributed by atoms with Crippen molar-refractivity contribution in [3.8, 4) is 0 Å². The maximum absolute atomic E-state index is 12.4. The molecule has 1 aliphatic heterocycles. The molecule has 5 nitrogen and oxygen atoms in total. The number of thiophene rings is 1. The number of hydrogen-bond acceptors (Lipinski definition) is 5. The summed E-state index contributed by atoms with van der Waals surface area (Å²) in [5.41, 5.74) is -0.828. The second kappa shape index (κ2) is 6.08. The van der Waals surface area contributed by atoms with Gasteiger partial charge in [-0.1, -0.05) is 0 Å². The maximum atomic E-state index is 12.4. The molecule has 1 aromatic heterocycles. The SMILES string of the molecule is O=S(=O)(NC1(CO)CCOCC1)c1cc(Br)sc1Br. The highest BCUT2D eigenvalue weighted by atomic mass is 79.9. The summed E-state index contributed by atoms with van der Waals surface area (Å²) in [5, 5.41) is 9.53. The summed E-state index contributed by atoms with van der Waals surface area (Å²) < 4.78 is 33.9. The number of hydrogen-bond donors (Lipinski definition) is 2. The van der Waals surface area contributed by atoms with Gasteiger partial charge in [-0.25, -0.2) is 13.1 Å². The Morgan fingerprint density at radius 1 is 1.42 bits per heavy atom. The summed E-state index contributed by atoms with van der Waals surface area (Å²) >= 11 is 7.79. The third kappa shape index (κ3) is 3.58. The summed E-state index contributed by atoms with van der Waals surface area (Å²) in [7, 11) is -3.67. The molecule has 0 unspecified atom stereocenters. The van der Waals surface area contributed by atoms with Crippen LogP contribution in [0.15, 0.2) is 18.5 Å². The second-order valence-electron chi connectivity index (χ2n) is 4.34. The van der Waals surface area contributed by atoms with Crippen LogP contribution in [0, 0.1) is 0 Å². The van der Waals surface area contributed by atoms with Gasteiger partial charge in [-0.15, -0.1) is 11.3 Å². The Kier molecular flexibility index (Phi) is 5.08. The number of ether oxygens (including phenoxy) is 1. The summed E-state index contributed by atoms with van der Waals surface area (Å²) in [4.78, 5) is 0.184. The number of halogens is 2. The largest absolute Gasteiger partial charge is 0.394 e. The monoisotopic (exact) mass is 433 g/mol. The molecule has 1 saturated heterocycles. The molecule has 2 N–H and O–H groups in total. The van der Waals surface area contributed by atoms with Crippen molar-refractivity contribution in [2.24, 2.45) is 0 Å². The van der Waals surface area contributed by atoms with Gasteiger partial charge in [0.25, 0.3) is 0 Å². The Labute approximate surface area is 132 Å². The lowest BCUT2D eigenvalue weighted by Gasteiger charge is -2.35. The van der Waals surface area contributed by atoms with Crippen molar-refractivity contribution in [1.29, 1.82) is 0 Å². The fourth-order valence-electron chi connectivity index (χ4n) is 1.90. The zero-order chi connectivity index (χ0) is 14.1. The molecule has 1 aliphatic rings. The Balaban J connectivity index is 2.27. The average Bonchev–Trinajstić information content (AvgIpc) is 2.70. The Morgan fingerprint density at radius 2 is 2.05 bits per heavy atom. The lowest BCUT2D eigenvalue weighted by atomic mass is 9.93. The van der Waals surface area contributed by atoms with Crippen LogP contribution < -0.4 is 4.72 Å². The molecule has 1 aromatic rings. The topological polar surface area (TPSA) is 75.6 Å². The molecular weight excluding hydrogens is 422 g/mol. The van der Waals surface area contributed by atoms with Crippen molar-refractivity contribution in [3.63, 3.8) is 0 Å². The molecule has 0 aliphatic carbocycles. The van der Waals surface area contributed by atoms with Crippen LogP contribution in [0.3, 0.4) is 0 Å². The van der Waals surface area contributed by atoms with Gasteiger partial charge >= 0.3 is 0 Å². The smallest absolute Gasteiger partial charge is 0.243 e. The molecule has 0 atom stereocenters. The minimum atomic E-state index is -3.67. The van der Waals surface area contributed by atoms with Crippen LogP contribution >= 0.6 is 43.2 Å². The number of aliphatic hydroxyl groups excluding tert-OH is 1. The number of nitrogens with one attached hydrogen (secondary N) is 1. The lowest BCUT2D eigenvalue weighted by Crippen LogP contribution is -2.54. The van der Waals surface area contributed by atoms with Gasteiger partial charge in [0.15, 0.2) is 0 Å². The Bertz CT molecular complexity index is 552. The van der Waals surface area contributed by atoms with Crippen molar-refractivity contribution in [3.05, 3.63) is 13.6 Å². The molecule has 0 saturated carbocycles. The summed E-state index contributed by atoms with van der Waals surface area (Å²) in [6, 6.07) is 1.54. The van der Waals surface area contributed by atoms with Crippen LogP contribution in [0.5, 0.6) is 0 Å². The minimum Gasteiger partial charge on any atom is -0.394 e. The van der Waals surface area contributed by atoms with E-state index in [0.717, 1.165) is 3.79 Å². The number of sulfonamides is 1. The van der Waals surface area contributed by atoms with Gasteiger partial charge in [0, 0.05) is 13.2 Å². The highest BCUT2D eigenvalue weighted by molar-refractivity contribution is 9.12. The molecule has 9 heteroatoms. The first-order valence-corrected chi connectivity index (χ1v) is 9.45. The molecule has 0 aromatic carbocycles. The van der Waals surface area contributed by atoms with E-state index in [-0.39, 0.29) is 11.5 Å². The first kappa shape index (κ1) is 15.9. The van der Waals surface area contributed by atoms with Crippen LogP contribution in [0.4, 0.5) is 0 Å². The van der Waals surface area contributed by atoms with E-state index in [0.29, 0.717) is 29.8 Å². The first-order valence-electron chi connectivity index (χ1n) is 5.56. The molecular formula is C10H13Br2NO4S2. The molecule has 0 radical (unpaired) electrons. The van der Waals surface area contributed by atoms with Crippen molar-refractivity contribution in [1.82, 2.24) is 4.72 Å². The third-order valence-corrected chi connectivity index (χ3v) is 7.35. The fourth-order valence-corrected chi connectivity index (χ4v) is 7.17. The third-order valence-electron chi connectivity index (χ3n) is 3.02. The van der Waals surface area contributed by atoms with E-state index in [1.54, 1.807) is 6.07 Å². The van der Waals surface area contributed by atoms with Gasteiger partial charge < -0.3 is 9.84 Å². The summed E-state index contributed by atoms with van der Waals surface area (Å²) in [6.45, 7) is 0.647. The van der Waals surface area contributed by atoms with Gasteiger partial charge in [-0.05, 0) is 50.8 Å². The first-order chi connectivity index (χ1) is 8.88. The fraction of sp³-hybridized carbons (Fsp3) is 0.600. The van der Waals surface area contributed by atoms with Crippen LogP contribution in [0.25, 0.3) is 0 Å². The highest BCUT2D eigenvalue weighted by Crippen LogP contribution is 2.35. The predicted molar refractivity (Wildman–Crippen MR) is 79.9 cm³/mol. The maximum Gasteiger partial charge on any atom is 0.243 e. The number of aliphatic hydroxyl groups is 1. The predicted octanol–water partition coefficient (Wildman–Crippen LogP) is 2.09. The lowest BCUT2D eigenvalue weighted by molar-refractivity contribution is 0.0223. The molecule has 2 rings (SSSR count). The van der Waals surface area contributed by atoms with Crippen molar-refractivity contribution in [2.45, 2.75) is 23.3 Å². The molecule has 0 amide bonds. The second-order valence-corrected chi connectivity index (χ2v) is 9.74. The molecule has 108 valence electrons. The quantitative estimate of drug-likeness (QED) is 0.760. The van der Waals surface area contributed by atoms with E-state index < -0.39 is 15.6 Å². The van der Waals surface area contributed by atoms with Crippen molar-refractivity contribution >= 4 is 53.2 Å². The van der Waals surface area contributed by atoms with Crippen LogP contribution in [0.2, 0.25) is 0 Å². The minimum absolute atomic E-state index is 0.184. The normalized spacial score (nSPS) is 19.5. The van der Waals surface area contributed by atoms with Crippen molar-refractivity contribution < 1.29 is 18.3 Å². The summed E-state index contributed by atoms with van der Waals surface area (Å²) in [5.74, 6) is 0. The Hall–Kier alpha value is 0.490. The zero-order valence-corrected chi connectivity index (χ0v) is 14.7. The Morgan fingerprint density at radius 3 is 2.53 bits per heavy atom. The zero-order valence-electron chi connectivity index (χ0n) is 9.86. The van der Waals surface area contributed by atoms with Crippen LogP contribution in [-0.2, 0) is 14.8 Å². The molecule has 19 heavy (non-hydrogen) atoms. The van der Waals surface area contributed by atoms with Gasteiger partial charge in [0.2, 0.25) is 10.0 Å². The average molecular weight is 435 g/mol. The molecule has 0 spiro atoms. The number of rotatable bonds is 4. The van der Waals surface area contributed by atoms with E-state index in [9.17, 15) is 13.5 Å². The molecule has 1 fully saturated rings. The van der Waals surface area contributed by atoms with Gasteiger partial charge in [-0.3, -0.25) is 0 Å². The van der Waals surface area contributed by atoms with E-state index in [1.807, 2.05) is 0 Å². The van der Waals surface area contributed by atoms with Gasteiger partial charge in [-0.2, -0.15) is 0 Å². The van der Waals surface area contributed by atoms with E-state index in [1.165, 1.54) is 11.3 Å². The summed E-state index contributed by atoms with van der Waals surface area (Å²) in [6.07, 6.45) is 0.928. The van der Waals surface area contributed by atoms with Crippen molar-refractivity contribution in [2.75, 3.05) is 19.8 Å². The molecule has 0 bridgehead atoms.